The summed E-state index contributed by atoms with van der Waals surface area (Å²) in [4.78, 5) is 27.0. The van der Waals surface area contributed by atoms with Crippen molar-refractivity contribution in [1.82, 2.24) is 0 Å². The Balaban J connectivity index is 1.70. The molecule has 0 saturated heterocycles. The molecule has 3 heterocycles. The zero-order chi connectivity index (χ0) is 27.3. The van der Waals surface area contributed by atoms with Crippen LogP contribution in [0.15, 0.2) is 73.0 Å². The first-order valence-electron chi connectivity index (χ1n) is 12.9. The highest BCUT2D eigenvalue weighted by molar-refractivity contribution is 5.87. The SMILES string of the molecule is CCc1ccc2oc(=O)c(C(c3ccc4c(c3)OCCO4)c3c(O)c4cc(CC)ccc4oc3=O)c(O)c2c1. The van der Waals surface area contributed by atoms with Crippen molar-refractivity contribution < 1.29 is 28.5 Å². The molecule has 0 saturated carbocycles. The van der Waals surface area contributed by atoms with E-state index in [2.05, 4.69) is 0 Å². The second kappa shape index (κ2) is 9.54. The number of aromatic hydroxyl groups is 2. The van der Waals surface area contributed by atoms with Gasteiger partial charge in [0.05, 0.1) is 27.8 Å². The predicted octanol–water partition coefficient (Wildman–Crippen LogP) is 5.39. The summed E-state index contributed by atoms with van der Waals surface area (Å²) in [6.07, 6.45) is 1.40. The molecule has 0 bridgehead atoms. The van der Waals surface area contributed by atoms with Crippen LogP contribution in [0.4, 0.5) is 0 Å². The lowest BCUT2D eigenvalue weighted by Crippen LogP contribution is -2.22. The van der Waals surface area contributed by atoms with Crippen LogP contribution in [0.2, 0.25) is 0 Å². The van der Waals surface area contributed by atoms with Gasteiger partial charge >= 0.3 is 11.3 Å². The van der Waals surface area contributed by atoms with Crippen molar-refractivity contribution in [2.45, 2.75) is 32.6 Å². The number of fused-ring (bicyclic) bond motifs is 3. The average Bonchev–Trinajstić information content (AvgIpc) is 2.95. The Labute approximate surface area is 222 Å². The predicted molar refractivity (Wildman–Crippen MR) is 145 cm³/mol. The highest BCUT2D eigenvalue weighted by Gasteiger charge is 2.33. The van der Waals surface area contributed by atoms with E-state index in [1.807, 2.05) is 26.0 Å². The van der Waals surface area contributed by atoms with Crippen molar-refractivity contribution >= 4 is 21.9 Å². The summed E-state index contributed by atoms with van der Waals surface area (Å²) in [5, 5.41) is 23.7. The molecule has 0 aliphatic carbocycles. The molecular weight excluding hydrogens is 500 g/mol. The molecule has 1 aliphatic heterocycles. The Morgan fingerprint density at radius 2 is 1.21 bits per heavy atom. The third-order valence-electron chi connectivity index (χ3n) is 7.25. The lowest BCUT2D eigenvalue weighted by atomic mass is 9.84. The van der Waals surface area contributed by atoms with Gasteiger partial charge in [-0.15, -0.1) is 0 Å². The van der Waals surface area contributed by atoms with Crippen LogP contribution in [0.3, 0.4) is 0 Å². The second-order valence-corrected chi connectivity index (χ2v) is 9.51. The van der Waals surface area contributed by atoms with Gasteiger partial charge < -0.3 is 28.5 Å². The van der Waals surface area contributed by atoms with Crippen LogP contribution in [0.25, 0.3) is 21.9 Å². The first kappa shape index (κ1) is 24.6. The van der Waals surface area contributed by atoms with Gasteiger partial charge in [0.25, 0.3) is 0 Å². The van der Waals surface area contributed by atoms with Crippen molar-refractivity contribution in [2.75, 3.05) is 13.2 Å². The molecule has 1 aliphatic rings. The minimum absolute atomic E-state index is 0.193. The standard InChI is InChI=1S/C31H26O8/c1-3-16-5-8-21-19(13-16)28(32)26(30(34)38-21)25(18-7-10-23-24(15-18)37-12-11-36-23)27-29(33)20-14-17(4-2)6-9-22(20)39-31(27)35/h5-10,13-15,25,32-33H,3-4,11-12H2,1-2H3. The quantitative estimate of drug-likeness (QED) is 0.293. The summed E-state index contributed by atoms with van der Waals surface area (Å²) < 4.78 is 22.7. The van der Waals surface area contributed by atoms with E-state index in [1.165, 1.54) is 0 Å². The molecule has 2 N–H and O–H groups in total. The zero-order valence-electron chi connectivity index (χ0n) is 21.4. The third kappa shape index (κ3) is 4.09. The maximum atomic E-state index is 13.5. The fourth-order valence-corrected chi connectivity index (χ4v) is 5.16. The van der Waals surface area contributed by atoms with E-state index in [4.69, 9.17) is 18.3 Å². The minimum atomic E-state index is -1.24. The Hall–Kier alpha value is -4.72. The molecule has 0 atom stereocenters. The molecule has 2 aromatic heterocycles. The monoisotopic (exact) mass is 526 g/mol. The summed E-state index contributed by atoms with van der Waals surface area (Å²) in [6.45, 7) is 4.66. The highest BCUT2D eigenvalue weighted by Crippen LogP contribution is 2.44. The Kier molecular flexibility index (Phi) is 6.02. The van der Waals surface area contributed by atoms with Crippen molar-refractivity contribution in [3.05, 3.63) is 103 Å². The summed E-state index contributed by atoms with van der Waals surface area (Å²) in [7, 11) is 0. The fourth-order valence-electron chi connectivity index (χ4n) is 5.16. The molecule has 0 spiro atoms. The van der Waals surface area contributed by atoms with E-state index in [1.54, 1.807) is 42.5 Å². The van der Waals surface area contributed by atoms with Crippen molar-refractivity contribution in [3.8, 4) is 23.0 Å². The Morgan fingerprint density at radius 1 is 0.692 bits per heavy atom. The van der Waals surface area contributed by atoms with E-state index in [0.29, 0.717) is 53.9 Å². The van der Waals surface area contributed by atoms with Crippen molar-refractivity contribution in [2.24, 2.45) is 0 Å². The number of rotatable bonds is 5. The molecular formula is C31H26O8. The number of ether oxygens (including phenoxy) is 2. The average molecular weight is 527 g/mol. The van der Waals surface area contributed by atoms with Gasteiger partial charge in [-0.1, -0.05) is 32.0 Å². The number of benzene rings is 3. The molecule has 0 radical (unpaired) electrons. The first-order valence-corrected chi connectivity index (χ1v) is 12.9. The van der Waals surface area contributed by atoms with Crippen LogP contribution < -0.4 is 20.7 Å². The van der Waals surface area contributed by atoms with Gasteiger partial charge in [-0.2, -0.15) is 0 Å². The van der Waals surface area contributed by atoms with E-state index in [9.17, 15) is 19.8 Å². The fraction of sp³-hybridized carbons (Fsp3) is 0.226. The van der Waals surface area contributed by atoms with Crippen LogP contribution >= 0.6 is 0 Å². The van der Waals surface area contributed by atoms with Gasteiger partial charge in [-0.3, -0.25) is 0 Å². The molecule has 8 heteroatoms. The van der Waals surface area contributed by atoms with E-state index >= 15 is 0 Å². The summed E-state index contributed by atoms with van der Waals surface area (Å²) in [5.41, 5.74) is 0.602. The van der Waals surface area contributed by atoms with E-state index < -0.39 is 17.2 Å². The second-order valence-electron chi connectivity index (χ2n) is 9.51. The molecule has 39 heavy (non-hydrogen) atoms. The van der Waals surface area contributed by atoms with Crippen LogP contribution in [0.1, 0.15) is 47.6 Å². The highest BCUT2D eigenvalue weighted by atomic mass is 16.6. The molecule has 0 fully saturated rings. The van der Waals surface area contributed by atoms with Crippen LogP contribution in [0.5, 0.6) is 23.0 Å². The lowest BCUT2D eigenvalue weighted by Gasteiger charge is -2.23. The van der Waals surface area contributed by atoms with Gasteiger partial charge in [0.2, 0.25) is 0 Å². The smallest absolute Gasteiger partial charge is 0.344 e. The Bertz CT molecular complexity index is 1760. The zero-order valence-corrected chi connectivity index (χ0v) is 21.4. The number of hydrogen-bond donors (Lipinski definition) is 2. The molecule has 3 aromatic carbocycles. The van der Waals surface area contributed by atoms with Gasteiger partial charge in [0.1, 0.15) is 35.9 Å². The van der Waals surface area contributed by atoms with Crippen LogP contribution in [0, 0.1) is 0 Å². The van der Waals surface area contributed by atoms with Gasteiger partial charge in [-0.25, -0.2) is 9.59 Å². The van der Waals surface area contributed by atoms with E-state index in [0.717, 1.165) is 11.1 Å². The van der Waals surface area contributed by atoms with Crippen molar-refractivity contribution in [1.29, 1.82) is 0 Å². The van der Waals surface area contributed by atoms with Gasteiger partial charge in [0, 0.05) is 0 Å². The summed E-state index contributed by atoms with van der Waals surface area (Å²) in [6, 6.07) is 15.3. The molecule has 0 unspecified atom stereocenters. The van der Waals surface area contributed by atoms with Crippen LogP contribution in [-0.4, -0.2) is 23.4 Å². The van der Waals surface area contributed by atoms with Gasteiger partial charge in [0.15, 0.2) is 11.5 Å². The van der Waals surface area contributed by atoms with Crippen LogP contribution in [-0.2, 0) is 12.8 Å². The first-order chi connectivity index (χ1) is 18.9. The maximum Gasteiger partial charge on any atom is 0.344 e. The minimum Gasteiger partial charge on any atom is -0.507 e. The van der Waals surface area contributed by atoms with Crippen molar-refractivity contribution in [3.63, 3.8) is 0 Å². The molecule has 6 rings (SSSR count). The molecule has 5 aromatic rings. The van der Waals surface area contributed by atoms with E-state index in [-0.39, 0.29) is 33.8 Å². The molecule has 198 valence electrons. The Morgan fingerprint density at radius 3 is 1.72 bits per heavy atom. The van der Waals surface area contributed by atoms with Gasteiger partial charge in [-0.05, 0) is 65.9 Å². The third-order valence-corrected chi connectivity index (χ3v) is 7.25. The summed E-state index contributed by atoms with van der Waals surface area (Å²) >= 11 is 0. The molecule has 8 nitrogen and oxygen atoms in total. The number of hydrogen-bond acceptors (Lipinski definition) is 8. The normalized spacial score (nSPS) is 12.9. The number of aryl methyl sites for hydroxylation is 2. The summed E-state index contributed by atoms with van der Waals surface area (Å²) in [5.74, 6) is -0.985. The lowest BCUT2D eigenvalue weighted by molar-refractivity contribution is 0.171. The molecule has 0 amide bonds. The largest absolute Gasteiger partial charge is 0.507 e. The topological polar surface area (TPSA) is 119 Å². The maximum absolute atomic E-state index is 13.5.